The summed E-state index contributed by atoms with van der Waals surface area (Å²) in [5.74, 6) is -0.351. The zero-order valence-electron chi connectivity index (χ0n) is 11.3. The molecule has 1 aromatic carbocycles. The Kier molecular flexibility index (Phi) is 3.40. The fourth-order valence-electron chi connectivity index (χ4n) is 2.19. The first-order chi connectivity index (χ1) is 10.3. The Bertz CT molecular complexity index is 705. The Labute approximate surface area is 123 Å². The third kappa shape index (κ3) is 2.69. The Hall–Kier alpha value is -2.35. The molecule has 1 N–H and O–H groups in total. The molecule has 3 rings (SSSR count). The van der Waals surface area contributed by atoms with Crippen LogP contribution in [0.5, 0.6) is 0 Å². The molecule has 22 heavy (non-hydrogen) atoms. The van der Waals surface area contributed by atoms with E-state index in [0.717, 1.165) is 12.1 Å². The Morgan fingerprint density at radius 3 is 2.64 bits per heavy atom. The maximum absolute atomic E-state index is 12.7. The highest BCUT2D eigenvalue weighted by Crippen LogP contribution is 2.30. The molecule has 2 heterocycles. The predicted molar refractivity (Wildman–Crippen MR) is 70.5 cm³/mol. The number of halogens is 3. The molecule has 0 bridgehead atoms. The highest BCUT2D eigenvalue weighted by molar-refractivity contribution is 5.92. The zero-order chi connectivity index (χ0) is 15.9. The number of benzene rings is 1. The van der Waals surface area contributed by atoms with Gasteiger partial charge in [0.2, 0.25) is 0 Å². The van der Waals surface area contributed by atoms with Crippen molar-refractivity contribution in [2.45, 2.75) is 12.3 Å². The van der Waals surface area contributed by atoms with Crippen molar-refractivity contribution in [1.29, 1.82) is 0 Å². The first-order valence-corrected chi connectivity index (χ1v) is 6.55. The third-order valence-corrected chi connectivity index (χ3v) is 3.40. The van der Waals surface area contributed by atoms with Crippen LogP contribution >= 0.6 is 0 Å². The summed E-state index contributed by atoms with van der Waals surface area (Å²) in [7, 11) is 0. The predicted octanol–water partition coefficient (Wildman–Crippen LogP) is 1.71. The number of carbonyl (C=O) groups excluding carboxylic acids is 1. The van der Waals surface area contributed by atoms with Gasteiger partial charge in [0.05, 0.1) is 17.4 Å². The van der Waals surface area contributed by atoms with Crippen molar-refractivity contribution >= 4 is 5.91 Å². The van der Waals surface area contributed by atoms with Gasteiger partial charge in [0, 0.05) is 19.3 Å². The lowest BCUT2D eigenvalue weighted by Gasteiger charge is -2.35. The maximum atomic E-state index is 12.7. The third-order valence-electron chi connectivity index (χ3n) is 3.40. The monoisotopic (exact) mass is 311 g/mol. The number of β-amino-alcohol motifs (C(OH)–C–C–N with tert-alkyl or cyclic N) is 1. The fraction of sp³-hybridized carbons (Fsp3) is 0.286. The SMILES string of the molecule is O=C(c1ccn(-c2cccc(C(F)(F)F)c2)n1)N1CC(O)C1. The lowest BCUT2D eigenvalue weighted by Crippen LogP contribution is -2.53. The maximum Gasteiger partial charge on any atom is 0.416 e. The van der Waals surface area contributed by atoms with E-state index in [4.69, 9.17) is 0 Å². The summed E-state index contributed by atoms with van der Waals surface area (Å²) in [6.45, 7) is 0.491. The molecule has 5 nitrogen and oxygen atoms in total. The number of aromatic nitrogens is 2. The summed E-state index contributed by atoms with van der Waals surface area (Å²) < 4.78 is 39.3. The quantitative estimate of drug-likeness (QED) is 0.918. The molecule has 0 atom stereocenters. The van der Waals surface area contributed by atoms with E-state index in [2.05, 4.69) is 5.10 Å². The molecule has 1 aliphatic rings. The van der Waals surface area contributed by atoms with Crippen LogP contribution in [-0.2, 0) is 6.18 Å². The van der Waals surface area contributed by atoms with E-state index >= 15 is 0 Å². The number of aliphatic hydroxyl groups excluding tert-OH is 1. The van der Waals surface area contributed by atoms with Gasteiger partial charge in [-0.05, 0) is 24.3 Å². The highest BCUT2D eigenvalue weighted by Gasteiger charge is 2.32. The Balaban J connectivity index is 1.83. The van der Waals surface area contributed by atoms with Crippen molar-refractivity contribution in [2.24, 2.45) is 0 Å². The van der Waals surface area contributed by atoms with Gasteiger partial charge in [-0.2, -0.15) is 18.3 Å². The lowest BCUT2D eigenvalue weighted by atomic mass is 10.1. The van der Waals surface area contributed by atoms with Gasteiger partial charge in [-0.3, -0.25) is 4.79 Å². The van der Waals surface area contributed by atoms with E-state index in [-0.39, 0.29) is 30.4 Å². The zero-order valence-corrected chi connectivity index (χ0v) is 11.3. The smallest absolute Gasteiger partial charge is 0.389 e. The lowest BCUT2D eigenvalue weighted by molar-refractivity contribution is -0.137. The minimum absolute atomic E-state index is 0.129. The molecule has 0 radical (unpaired) electrons. The standard InChI is InChI=1S/C14H12F3N3O2/c15-14(16,17)9-2-1-3-10(6-9)20-5-4-12(18-20)13(22)19-7-11(21)8-19/h1-6,11,21H,7-8H2. The minimum atomic E-state index is -4.43. The molecule has 0 saturated carbocycles. The van der Waals surface area contributed by atoms with Crippen LogP contribution in [0.25, 0.3) is 5.69 Å². The molecule has 1 aromatic heterocycles. The average Bonchev–Trinajstić information content (AvgIpc) is 2.92. The number of amides is 1. The number of hydrogen-bond acceptors (Lipinski definition) is 3. The van der Waals surface area contributed by atoms with Gasteiger partial charge in [0.25, 0.3) is 5.91 Å². The highest BCUT2D eigenvalue weighted by atomic mass is 19.4. The summed E-state index contributed by atoms with van der Waals surface area (Å²) in [5.41, 5.74) is -0.430. The number of aliphatic hydroxyl groups is 1. The molecular weight excluding hydrogens is 299 g/mol. The van der Waals surface area contributed by atoms with Gasteiger partial charge in [-0.25, -0.2) is 4.68 Å². The second kappa shape index (κ2) is 5.13. The number of hydrogen-bond donors (Lipinski definition) is 1. The van der Waals surface area contributed by atoms with Gasteiger partial charge in [0.15, 0.2) is 5.69 Å². The van der Waals surface area contributed by atoms with E-state index in [1.807, 2.05) is 0 Å². The van der Waals surface area contributed by atoms with Crippen LogP contribution in [0.3, 0.4) is 0 Å². The van der Waals surface area contributed by atoms with Crippen molar-refractivity contribution in [2.75, 3.05) is 13.1 Å². The van der Waals surface area contributed by atoms with Crippen LogP contribution in [0.1, 0.15) is 16.1 Å². The molecular formula is C14H12F3N3O2. The van der Waals surface area contributed by atoms with Crippen LogP contribution in [0.4, 0.5) is 13.2 Å². The van der Waals surface area contributed by atoms with E-state index < -0.39 is 17.8 Å². The number of likely N-dealkylation sites (tertiary alicyclic amines) is 1. The summed E-state index contributed by atoms with van der Waals surface area (Å²) in [4.78, 5) is 13.4. The van der Waals surface area contributed by atoms with Crippen LogP contribution in [0, 0.1) is 0 Å². The molecule has 116 valence electrons. The van der Waals surface area contributed by atoms with Crippen LogP contribution in [0.2, 0.25) is 0 Å². The average molecular weight is 311 g/mol. The van der Waals surface area contributed by atoms with Gasteiger partial charge in [-0.15, -0.1) is 0 Å². The van der Waals surface area contributed by atoms with Crippen LogP contribution in [-0.4, -0.2) is 44.9 Å². The van der Waals surface area contributed by atoms with Crippen molar-refractivity contribution in [1.82, 2.24) is 14.7 Å². The molecule has 1 fully saturated rings. The van der Waals surface area contributed by atoms with Crippen molar-refractivity contribution < 1.29 is 23.1 Å². The van der Waals surface area contributed by atoms with Gasteiger partial charge in [-0.1, -0.05) is 6.07 Å². The summed E-state index contributed by atoms with van der Waals surface area (Å²) in [6, 6.07) is 6.14. The second-order valence-electron chi connectivity index (χ2n) is 5.06. The molecule has 0 spiro atoms. The minimum Gasteiger partial charge on any atom is -0.389 e. The summed E-state index contributed by atoms with van der Waals surface area (Å²) in [5, 5.41) is 13.2. The van der Waals surface area contributed by atoms with Gasteiger partial charge >= 0.3 is 6.18 Å². The molecule has 0 aliphatic carbocycles. The summed E-state index contributed by atoms with van der Waals surface area (Å²) >= 11 is 0. The topological polar surface area (TPSA) is 58.4 Å². The number of carbonyl (C=O) groups is 1. The van der Waals surface area contributed by atoms with Crippen LogP contribution < -0.4 is 0 Å². The van der Waals surface area contributed by atoms with E-state index in [9.17, 15) is 23.1 Å². The second-order valence-corrected chi connectivity index (χ2v) is 5.06. The largest absolute Gasteiger partial charge is 0.416 e. The number of nitrogens with zero attached hydrogens (tertiary/aromatic N) is 3. The Morgan fingerprint density at radius 2 is 2.00 bits per heavy atom. The Morgan fingerprint density at radius 1 is 1.27 bits per heavy atom. The fourth-order valence-corrected chi connectivity index (χ4v) is 2.19. The summed E-state index contributed by atoms with van der Waals surface area (Å²) in [6.07, 6.45) is -3.52. The van der Waals surface area contributed by atoms with E-state index in [1.165, 1.54) is 34.0 Å². The number of alkyl halides is 3. The molecule has 8 heteroatoms. The van der Waals surface area contributed by atoms with Crippen molar-refractivity contribution in [3.8, 4) is 5.69 Å². The van der Waals surface area contributed by atoms with E-state index in [0.29, 0.717) is 0 Å². The molecule has 0 unspecified atom stereocenters. The van der Waals surface area contributed by atoms with Crippen molar-refractivity contribution in [3.63, 3.8) is 0 Å². The molecule has 1 aliphatic heterocycles. The normalized spacial score (nSPS) is 15.7. The van der Waals surface area contributed by atoms with Gasteiger partial charge in [0.1, 0.15) is 0 Å². The van der Waals surface area contributed by atoms with E-state index in [1.54, 1.807) is 0 Å². The van der Waals surface area contributed by atoms with Crippen LogP contribution in [0.15, 0.2) is 36.5 Å². The molecule has 2 aromatic rings. The molecule has 1 amide bonds. The molecule has 1 saturated heterocycles. The van der Waals surface area contributed by atoms with Crippen molar-refractivity contribution in [3.05, 3.63) is 47.8 Å². The first-order valence-electron chi connectivity index (χ1n) is 6.55. The van der Waals surface area contributed by atoms with Gasteiger partial charge < -0.3 is 10.0 Å². The number of rotatable bonds is 2. The first kappa shape index (κ1) is 14.6.